The van der Waals surface area contributed by atoms with Gasteiger partial charge in [-0.25, -0.2) is 4.98 Å². The molecule has 1 fully saturated rings. The second kappa shape index (κ2) is 5.33. The topological polar surface area (TPSA) is 81.1 Å². The molecule has 1 saturated carbocycles. The third-order valence-corrected chi connectivity index (χ3v) is 4.25. The summed E-state index contributed by atoms with van der Waals surface area (Å²) in [4.78, 5) is 15.7. The van der Waals surface area contributed by atoms with Crippen LogP contribution >= 0.6 is 0 Å². The van der Waals surface area contributed by atoms with Gasteiger partial charge in [-0.2, -0.15) is 0 Å². The number of carbonyl (C=O) groups is 1. The van der Waals surface area contributed by atoms with E-state index in [4.69, 9.17) is 5.73 Å². The Labute approximate surface area is 113 Å². The molecule has 0 radical (unpaired) electrons. The number of nitrogens with zero attached hydrogens (tertiary/aromatic N) is 2. The highest BCUT2D eigenvalue weighted by Gasteiger charge is 2.45. The van der Waals surface area contributed by atoms with E-state index in [1.165, 1.54) is 0 Å². The third-order valence-electron chi connectivity index (χ3n) is 4.25. The summed E-state index contributed by atoms with van der Waals surface area (Å²) in [6, 6.07) is 0. The third kappa shape index (κ3) is 2.66. The SMILES string of the molecule is CC(C)c1nccn1CCC1CCCC1(N)C(=O)O. The molecule has 5 nitrogen and oxygen atoms in total. The van der Waals surface area contributed by atoms with Crippen LogP contribution in [0.15, 0.2) is 12.4 Å². The first-order chi connectivity index (χ1) is 8.95. The summed E-state index contributed by atoms with van der Waals surface area (Å²) in [7, 11) is 0. The highest BCUT2D eigenvalue weighted by molar-refractivity contribution is 5.79. The maximum atomic E-state index is 11.3. The number of hydrogen-bond donors (Lipinski definition) is 2. The molecule has 1 aliphatic rings. The van der Waals surface area contributed by atoms with Gasteiger partial charge in [0.05, 0.1) is 0 Å². The largest absolute Gasteiger partial charge is 0.480 e. The number of hydrogen-bond acceptors (Lipinski definition) is 3. The van der Waals surface area contributed by atoms with Gasteiger partial charge in [-0.05, 0) is 25.2 Å². The Balaban J connectivity index is 2.02. The van der Waals surface area contributed by atoms with Gasteiger partial charge in [-0.3, -0.25) is 4.79 Å². The standard InChI is InChI=1S/C14H23N3O2/c1-10(2)12-16-7-9-17(12)8-5-11-4-3-6-14(11,15)13(18)19/h7,9-11H,3-6,8,15H2,1-2H3,(H,18,19). The van der Waals surface area contributed by atoms with Gasteiger partial charge in [0.25, 0.3) is 0 Å². The number of aromatic nitrogens is 2. The van der Waals surface area contributed by atoms with Crippen molar-refractivity contribution in [1.29, 1.82) is 0 Å². The van der Waals surface area contributed by atoms with E-state index in [0.29, 0.717) is 12.3 Å². The Morgan fingerprint density at radius 2 is 2.42 bits per heavy atom. The lowest BCUT2D eigenvalue weighted by Crippen LogP contribution is -2.51. The lowest BCUT2D eigenvalue weighted by molar-refractivity contribution is -0.144. The Bertz CT molecular complexity index is 455. The molecule has 106 valence electrons. The zero-order valence-corrected chi connectivity index (χ0v) is 11.7. The minimum absolute atomic E-state index is 0.0624. The van der Waals surface area contributed by atoms with Crippen molar-refractivity contribution in [3.05, 3.63) is 18.2 Å². The van der Waals surface area contributed by atoms with Crippen molar-refractivity contribution in [2.75, 3.05) is 0 Å². The molecular weight excluding hydrogens is 242 g/mol. The van der Waals surface area contributed by atoms with Crippen LogP contribution in [0.4, 0.5) is 0 Å². The van der Waals surface area contributed by atoms with E-state index in [2.05, 4.69) is 23.4 Å². The molecule has 2 rings (SSSR count). The minimum Gasteiger partial charge on any atom is -0.480 e. The van der Waals surface area contributed by atoms with Crippen LogP contribution in [0.5, 0.6) is 0 Å². The molecule has 2 unspecified atom stereocenters. The van der Waals surface area contributed by atoms with Crippen molar-refractivity contribution in [2.45, 2.75) is 57.5 Å². The van der Waals surface area contributed by atoms with Crippen molar-refractivity contribution in [2.24, 2.45) is 11.7 Å². The van der Waals surface area contributed by atoms with Gasteiger partial charge < -0.3 is 15.4 Å². The van der Waals surface area contributed by atoms with E-state index in [1.54, 1.807) is 6.20 Å². The summed E-state index contributed by atoms with van der Waals surface area (Å²) in [5, 5.41) is 9.30. The quantitative estimate of drug-likeness (QED) is 0.853. The van der Waals surface area contributed by atoms with Crippen LogP contribution in [0.1, 0.15) is 51.3 Å². The fourth-order valence-electron chi connectivity index (χ4n) is 3.09. The van der Waals surface area contributed by atoms with E-state index in [-0.39, 0.29) is 5.92 Å². The molecule has 0 spiro atoms. The van der Waals surface area contributed by atoms with Crippen molar-refractivity contribution in [3.63, 3.8) is 0 Å². The van der Waals surface area contributed by atoms with Crippen molar-refractivity contribution in [3.8, 4) is 0 Å². The van der Waals surface area contributed by atoms with Crippen molar-refractivity contribution < 1.29 is 9.90 Å². The van der Waals surface area contributed by atoms with Crippen LogP contribution in [0, 0.1) is 5.92 Å². The van der Waals surface area contributed by atoms with E-state index in [0.717, 1.165) is 31.6 Å². The average Bonchev–Trinajstić information content (AvgIpc) is 2.93. The first-order valence-electron chi connectivity index (χ1n) is 6.98. The van der Waals surface area contributed by atoms with Gasteiger partial charge in [0, 0.05) is 24.9 Å². The summed E-state index contributed by atoms with van der Waals surface area (Å²) in [5.74, 6) is 0.633. The number of carboxylic acids is 1. The number of rotatable bonds is 5. The van der Waals surface area contributed by atoms with Crippen molar-refractivity contribution in [1.82, 2.24) is 9.55 Å². The van der Waals surface area contributed by atoms with Crippen molar-refractivity contribution >= 4 is 5.97 Å². The molecule has 0 aliphatic heterocycles. The maximum Gasteiger partial charge on any atom is 0.323 e. The zero-order valence-electron chi connectivity index (χ0n) is 11.7. The molecule has 5 heteroatoms. The van der Waals surface area contributed by atoms with E-state index < -0.39 is 11.5 Å². The van der Waals surface area contributed by atoms with E-state index >= 15 is 0 Å². The summed E-state index contributed by atoms with van der Waals surface area (Å²) in [6.45, 7) is 5.02. The van der Waals surface area contributed by atoms with Crippen LogP contribution in [-0.4, -0.2) is 26.2 Å². The molecule has 1 aromatic rings. The average molecular weight is 265 g/mol. The molecule has 0 bridgehead atoms. The number of carboxylic acid groups (broad SMARTS) is 1. The van der Waals surface area contributed by atoms with Crippen LogP contribution in [0.2, 0.25) is 0 Å². The van der Waals surface area contributed by atoms with Crippen LogP contribution in [-0.2, 0) is 11.3 Å². The Morgan fingerprint density at radius 3 is 3.05 bits per heavy atom. The lowest BCUT2D eigenvalue weighted by atomic mass is 9.85. The number of imidazole rings is 1. The van der Waals surface area contributed by atoms with Gasteiger partial charge in [0.2, 0.25) is 0 Å². The molecule has 0 aromatic carbocycles. The minimum atomic E-state index is -1.03. The van der Waals surface area contributed by atoms with Gasteiger partial charge in [0.15, 0.2) is 0 Å². The first-order valence-corrected chi connectivity index (χ1v) is 6.98. The molecule has 0 saturated heterocycles. The highest BCUT2D eigenvalue weighted by Crippen LogP contribution is 2.36. The molecule has 2 atom stereocenters. The second-order valence-electron chi connectivity index (χ2n) is 5.86. The number of aliphatic carboxylic acids is 1. The second-order valence-corrected chi connectivity index (χ2v) is 5.86. The summed E-state index contributed by atoms with van der Waals surface area (Å²) < 4.78 is 2.12. The summed E-state index contributed by atoms with van der Waals surface area (Å²) >= 11 is 0. The van der Waals surface area contributed by atoms with Gasteiger partial charge >= 0.3 is 5.97 Å². The fourth-order valence-corrected chi connectivity index (χ4v) is 3.09. The number of nitrogens with two attached hydrogens (primary N) is 1. The molecule has 1 aliphatic carbocycles. The molecule has 0 amide bonds. The van der Waals surface area contributed by atoms with Gasteiger partial charge in [-0.15, -0.1) is 0 Å². The van der Waals surface area contributed by atoms with Crippen LogP contribution in [0.25, 0.3) is 0 Å². The van der Waals surface area contributed by atoms with Crippen LogP contribution in [0.3, 0.4) is 0 Å². The normalized spacial score (nSPS) is 27.1. The first kappa shape index (κ1) is 14.1. The highest BCUT2D eigenvalue weighted by atomic mass is 16.4. The van der Waals surface area contributed by atoms with E-state index in [9.17, 15) is 9.90 Å². The predicted molar refractivity (Wildman–Crippen MR) is 72.8 cm³/mol. The molecular formula is C14H23N3O2. The molecule has 1 aromatic heterocycles. The maximum absolute atomic E-state index is 11.3. The smallest absolute Gasteiger partial charge is 0.323 e. The molecule has 1 heterocycles. The Morgan fingerprint density at radius 1 is 1.68 bits per heavy atom. The van der Waals surface area contributed by atoms with Gasteiger partial charge in [-0.1, -0.05) is 20.3 Å². The monoisotopic (exact) mass is 265 g/mol. The Kier molecular flexibility index (Phi) is 3.94. The van der Waals surface area contributed by atoms with Gasteiger partial charge in [0.1, 0.15) is 11.4 Å². The number of aryl methyl sites for hydroxylation is 1. The predicted octanol–water partition coefficient (Wildman–Crippen LogP) is 1.98. The lowest BCUT2D eigenvalue weighted by Gasteiger charge is -2.27. The summed E-state index contributed by atoms with van der Waals surface area (Å²) in [5.41, 5.74) is 5.03. The molecule has 19 heavy (non-hydrogen) atoms. The van der Waals surface area contributed by atoms with E-state index in [1.807, 2.05) is 6.20 Å². The zero-order chi connectivity index (χ0) is 14.0. The Hall–Kier alpha value is -1.36. The molecule has 3 N–H and O–H groups in total. The van der Waals surface area contributed by atoms with Crippen LogP contribution < -0.4 is 5.73 Å². The summed E-state index contributed by atoms with van der Waals surface area (Å²) in [6.07, 6.45) is 6.98. The fraction of sp³-hybridized carbons (Fsp3) is 0.714.